The molecule has 1 aliphatic rings. The Morgan fingerprint density at radius 2 is 2.00 bits per heavy atom. The molecule has 0 unspecified atom stereocenters. The molecule has 2 nitrogen and oxygen atoms in total. The third kappa shape index (κ3) is 3.50. The number of nitrogens with zero attached hydrogens (tertiary/aromatic N) is 1. The van der Waals surface area contributed by atoms with E-state index in [1.807, 2.05) is 0 Å². The molecule has 0 amide bonds. The fourth-order valence-corrected chi connectivity index (χ4v) is 2.22. The highest BCUT2D eigenvalue weighted by atomic mass is 14.9. The van der Waals surface area contributed by atoms with Crippen LogP contribution in [0.2, 0.25) is 0 Å². The normalized spacial score (nSPS) is 16.0. The van der Waals surface area contributed by atoms with Crippen molar-refractivity contribution in [1.82, 2.24) is 0 Å². The standard InChI is InChI=1S/C16H22N2/c1-2-3-4-14-5-7-15(8-6-14)18-13-16(9-10-16)11-12-17/h5-8,18H,2-4,9-11,13H2,1H3. The number of benzene rings is 1. The minimum Gasteiger partial charge on any atom is -0.384 e. The lowest BCUT2D eigenvalue weighted by Crippen LogP contribution is -2.14. The van der Waals surface area contributed by atoms with Crippen LogP contribution in [0.25, 0.3) is 0 Å². The molecule has 1 fully saturated rings. The van der Waals surface area contributed by atoms with Crippen molar-refractivity contribution >= 4 is 5.69 Å². The Morgan fingerprint density at radius 3 is 2.56 bits per heavy atom. The van der Waals surface area contributed by atoms with Crippen molar-refractivity contribution in [2.24, 2.45) is 5.41 Å². The quantitative estimate of drug-likeness (QED) is 0.780. The Kier molecular flexibility index (Phi) is 4.25. The van der Waals surface area contributed by atoms with Crippen LogP contribution >= 0.6 is 0 Å². The van der Waals surface area contributed by atoms with Crippen LogP contribution in [0.1, 0.15) is 44.6 Å². The van der Waals surface area contributed by atoms with Crippen molar-refractivity contribution in [2.45, 2.75) is 45.4 Å². The second-order valence-corrected chi connectivity index (χ2v) is 5.49. The number of rotatable bonds is 7. The summed E-state index contributed by atoms with van der Waals surface area (Å²) in [5, 5.41) is 12.2. The highest BCUT2D eigenvalue weighted by Crippen LogP contribution is 2.48. The van der Waals surface area contributed by atoms with Crippen LogP contribution in [0.4, 0.5) is 5.69 Å². The van der Waals surface area contributed by atoms with E-state index in [4.69, 9.17) is 5.26 Å². The summed E-state index contributed by atoms with van der Waals surface area (Å²) in [6.45, 7) is 3.16. The van der Waals surface area contributed by atoms with Crippen molar-refractivity contribution in [3.05, 3.63) is 29.8 Å². The molecule has 0 saturated heterocycles. The van der Waals surface area contributed by atoms with Crippen LogP contribution in [-0.4, -0.2) is 6.54 Å². The smallest absolute Gasteiger partial charge is 0.0628 e. The molecule has 18 heavy (non-hydrogen) atoms. The molecule has 1 aromatic rings. The van der Waals surface area contributed by atoms with Gasteiger partial charge in [0, 0.05) is 24.1 Å². The number of aryl methyl sites for hydroxylation is 1. The van der Waals surface area contributed by atoms with Gasteiger partial charge in [-0.25, -0.2) is 0 Å². The first-order chi connectivity index (χ1) is 8.78. The fourth-order valence-electron chi connectivity index (χ4n) is 2.22. The molecule has 1 N–H and O–H groups in total. The summed E-state index contributed by atoms with van der Waals surface area (Å²) >= 11 is 0. The lowest BCUT2D eigenvalue weighted by molar-refractivity contribution is 0.557. The van der Waals surface area contributed by atoms with Gasteiger partial charge in [-0.05, 0) is 43.4 Å². The van der Waals surface area contributed by atoms with E-state index in [-0.39, 0.29) is 5.41 Å². The van der Waals surface area contributed by atoms with Gasteiger partial charge in [-0.3, -0.25) is 0 Å². The summed E-state index contributed by atoms with van der Waals surface area (Å²) in [6, 6.07) is 11.0. The molecular formula is C16H22N2. The number of nitriles is 1. The Bertz CT molecular complexity index is 410. The van der Waals surface area contributed by atoms with E-state index in [2.05, 4.69) is 42.6 Å². The Balaban J connectivity index is 1.81. The van der Waals surface area contributed by atoms with Gasteiger partial charge in [0.25, 0.3) is 0 Å². The Labute approximate surface area is 110 Å². The summed E-state index contributed by atoms with van der Waals surface area (Å²) in [7, 11) is 0. The topological polar surface area (TPSA) is 35.8 Å². The highest BCUT2D eigenvalue weighted by Gasteiger charge is 2.41. The molecule has 0 atom stereocenters. The summed E-state index contributed by atoms with van der Waals surface area (Å²) in [4.78, 5) is 0. The first-order valence-electron chi connectivity index (χ1n) is 6.98. The predicted molar refractivity (Wildman–Crippen MR) is 75.4 cm³/mol. The maximum Gasteiger partial charge on any atom is 0.0628 e. The summed E-state index contributed by atoms with van der Waals surface area (Å²) < 4.78 is 0. The molecule has 0 spiro atoms. The van der Waals surface area contributed by atoms with Crippen molar-refractivity contribution in [1.29, 1.82) is 5.26 Å². The molecule has 2 heteroatoms. The molecule has 0 heterocycles. The van der Waals surface area contributed by atoms with Crippen LogP contribution in [-0.2, 0) is 6.42 Å². The maximum absolute atomic E-state index is 8.78. The van der Waals surface area contributed by atoms with Gasteiger partial charge in [-0.15, -0.1) is 0 Å². The van der Waals surface area contributed by atoms with Gasteiger partial charge in [0.1, 0.15) is 0 Å². The molecule has 1 saturated carbocycles. The average Bonchev–Trinajstić information content (AvgIpc) is 3.16. The van der Waals surface area contributed by atoms with Gasteiger partial charge in [0.15, 0.2) is 0 Å². The SMILES string of the molecule is CCCCc1ccc(NCC2(CC#N)CC2)cc1. The minimum absolute atomic E-state index is 0.273. The lowest BCUT2D eigenvalue weighted by Gasteiger charge is -2.13. The molecule has 96 valence electrons. The summed E-state index contributed by atoms with van der Waals surface area (Å²) in [6.07, 6.45) is 6.77. The van der Waals surface area contributed by atoms with E-state index in [9.17, 15) is 0 Å². The summed E-state index contributed by atoms with van der Waals surface area (Å²) in [5.74, 6) is 0. The van der Waals surface area contributed by atoms with Gasteiger partial charge >= 0.3 is 0 Å². The third-order valence-electron chi connectivity index (χ3n) is 3.85. The van der Waals surface area contributed by atoms with Gasteiger partial charge in [-0.2, -0.15) is 5.26 Å². The van der Waals surface area contributed by atoms with Crippen LogP contribution in [0.3, 0.4) is 0 Å². The zero-order chi connectivity index (χ0) is 12.8. The molecule has 1 aromatic carbocycles. The number of anilines is 1. The number of hydrogen-bond donors (Lipinski definition) is 1. The molecule has 0 aliphatic heterocycles. The zero-order valence-corrected chi connectivity index (χ0v) is 11.2. The van der Waals surface area contributed by atoms with Crippen LogP contribution < -0.4 is 5.32 Å². The van der Waals surface area contributed by atoms with E-state index in [0.717, 1.165) is 6.54 Å². The number of unbranched alkanes of at least 4 members (excludes halogenated alkanes) is 1. The first-order valence-corrected chi connectivity index (χ1v) is 6.98. The van der Waals surface area contributed by atoms with Gasteiger partial charge in [0.2, 0.25) is 0 Å². The Morgan fingerprint density at radius 1 is 1.28 bits per heavy atom. The largest absolute Gasteiger partial charge is 0.384 e. The molecular weight excluding hydrogens is 220 g/mol. The lowest BCUT2D eigenvalue weighted by atomic mass is 10.0. The highest BCUT2D eigenvalue weighted by molar-refractivity contribution is 5.45. The number of nitrogens with one attached hydrogen (secondary N) is 1. The second kappa shape index (κ2) is 5.91. The van der Waals surface area contributed by atoms with E-state index >= 15 is 0 Å². The molecule has 2 rings (SSSR count). The summed E-state index contributed by atoms with van der Waals surface area (Å²) in [5.41, 5.74) is 2.87. The van der Waals surface area contributed by atoms with Gasteiger partial charge < -0.3 is 5.32 Å². The van der Waals surface area contributed by atoms with Crippen molar-refractivity contribution < 1.29 is 0 Å². The van der Waals surface area contributed by atoms with Crippen molar-refractivity contribution in [2.75, 3.05) is 11.9 Å². The van der Waals surface area contributed by atoms with Gasteiger partial charge in [-0.1, -0.05) is 25.5 Å². The van der Waals surface area contributed by atoms with E-state index < -0.39 is 0 Å². The molecule has 1 aliphatic carbocycles. The van der Waals surface area contributed by atoms with Gasteiger partial charge in [0.05, 0.1) is 6.07 Å². The van der Waals surface area contributed by atoms with Crippen LogP contribution in [0.15, 0.2) is 24.3 Å². The van der Waals surface area contributed by atoms with Crippen LogP contribution in [0, 0.1) is 16.7 Å². The zero-order valence-electron chi connectivity index (χ0n) is 11.2. The van der Waals surface area contributed by atoms with E-state index in [1.165, 1.54) is 43.4 Å². The van der Waals surface area contributed by atoms with E-state index in [1.54, 1.807) is 0 Å². The molecule has 0 radical (unpaired) electrons. The van der Waals surface area contributed by atoms with Crippen LogP contribution in [0.5, 0.6) is 0 Å². The Hall–Kier alpha value is -1.49. The van der Waals surface area contributed by atoms with Crippen molar-refractivity contribution in [3.63, 3.8) is 0 Å². The fraction of sp³-hybridized carbons (Fsp3) is 0.562. The second-order valence-electron chi connectivity index (χ2n) is 5.49. The van der Waals surface area contributed by atoms with E-state index in [0.29, 0.717) is 6.42 Å². The predicted octanol–water partition coefficient (Wildman–Crippen LogP) is 4.13. The molecule has 0 aromatic heterocycles. The third-order valence-corrected chi connectivity index (χ3v) is 3.85. The number of hydrogen-bond acceptors (Lipinski definition) is 2. The average molecular weight is 242 g/mol. The van der Waals surface area contributed by atoms with Crippen molar-refractivity contribution in [3.8, 4) is 6.07 Å². The monoisotopic (exact) mass is 242 g/mol. The maximum atomic E-state index is 8.78. The first kappa shape index (κ1) is 13.0. The molecule has 0 bridgehead atoms. The minimum atomic E-state index is 0.273.